The molecule has 1 rings (SSSR count). The summed E-state index contributed by atoms with van der Waals surface area (Å²) in [5.41, 5.74) is 5.84. The first kappa shape index (κ1) is 9.01. The fraction of sp³-hybridized carbons (Fsp3) is 1.00. The molecule has 0 spiro atoms. The molecule has 0 bridgehead atoms. The van der Waals surface area contributed by atoms with E-state index in [0.717, 1.165) is 0 Å². The van der Waals surface area contributed by atoms with E-state index in [1.807, 2.05) is 0 Å². The van der Waals surface area contributed by atoms with Gasteiger partial charge in [0.05, 0.1) is 6.10 Å². The van der Waals surface area contributed by atoms with Gasteiger partial charge in [-0.2, -0.15) is 0 Å². The van der Waals surface area contributed by atoms with Gasteiger partial charge in [-0.15, -0.1) is 0 Å². The molecule has 0 unspecified atom stereocenters. The van der Waals surface area contributed by atoms with Crippen LogP contribution in [-0.2, 0) is 0 Å². The predicted octanol–water partition coefficient (Wildman–Crippen LogP) is 1.27. The first-order valence-corrected chi connectivity index (χ1v) is 4.65. The Morgan fingerprint density at radius 3 is 2.27 bits per heavy atom. The summed E-state index contributed by atoms with van der Waals surface area (Å²) < 4.78 is 0. The zero-order chi connectivity index (χ0) is 8.27. The van der Waals surface area contributed by atoms with E-state index in [9.17, 15) is 5.11 Å². The van der Waals surface area contributed by atoms with Crippen molar-refractivity contribution < 1.29 is 5.11 Å². The summed E-state index contributed by atoms with van der Waals surface area (Å²) in [6, 6.07) is 0.00954. The van der Waals surface area contributed by atoms with Crippen LogP contribution in [0, 0.1) is 5.92 Å². The lowest BCUT2D eigenvalue weighted by Crippen LogP contribution is -2.40. The van der Waals surface area contributed by atoms with Crippen LogP contribution in [0.3, 0.4) is 0 Å². The average Bonchev–Trinajstić information content (AvgIpc) is 2.05. The van der Waals surface area contributed by atoms with E-state index in [2.05, 4.69) is 0 Å². The summed E-state index contributed by atoms with van der Waals surface area (Å²) in [4.78, 5) is 0. The highest BCUT2D eigenvalue weighted by Gasteiger charge is 2.23. The minimum atomic E-state index is -0.335. The van der Waals surface area contributed by atoms with Crippen LogP contribution < -0.4 is 5.73 Å². The highest BCUT2D eigenvalue weighted by atomic mass is 16.3. The number of hydrogen-bond donors (Lipinski definition) is 2. The Morgan fingerprint density at radius 1 is 1.27 bits per heavy atom. The third kappa shape index (κ3) is 2.46. The Hall–Kier alpha value is -0.0800. The van der Waals surface area contributed by atoms with E-state index in [-0.39, 0.29) is 12.1 Å². The van der Waals surface area contributed by atoms with E-state index in [1.165, 1.54) is 32.1 Å². The number of nitrogens with two attached hydrogens (primary N) is 1. The van der Waals surface area contributed by atoms with Crippen molar-refractivity contribution in [1.29, 1.82) is 0 Å². The third-order valence-electron chi connectivity index (χ3n) is 2.75. The van der Waals surface area contributed by atoms with E-state index in [4.69, 9.17) is 5.73 Å². The maximum Gasteiger partial charge on any atom is 0.0665 e. The number of hydrogen-bond acceptors (Lipinski definition) is 2. The second-order valence-electron chi connectivity index (χ2n) is 3.72. The smallest absolute Gasteiger partial charge is 0.0665 e. The molecular weight excluding hydrogens is 138 g/mol. The van der Waals surface area contributed by atoms with Crippen LogP contribution in [0.2, 0.25) is 0 Å². The normalized spacial score (nSPS) is 26.5. The number of rotatable bonds is 2. The van der Waals surface area contributed by atoms with Crippen molar-refractivity contribution in [2.24, 2.45) is 11.7 Å². The molecule has 0 aliphatic heterocycles. The largest absolute Gasteiger partial charge is 0.392 e. The summed E-state index contributed by atoms with van der Waals surface area (Å²) >= 11 is 0. The van der Waals surface area contributed by atoms with Gasteiger partial charge in [0.1, 0.15) is 0 Å². The zero-order valence-corrected chi connectivity index (χ0v) is 7.29. The summed E-state index contributed by atoms with van der Waals surface area (Å²) in [6.45, 7) is 1.79. The van der Waals surface area contributed by atoms with Gasteiger partial charge in [0.2, 0.25) is 0 Å². The molecule has 2 nitrogen and oxygen atoms in total. The van der Waals surface area contributed by atoms with Crippen LogP contribution in [0.25, 0.3) is 0 Å². The van der Waals surface area contributed by atoms with E-state index in [0.29, 0.717) is 5.92 Å². The molecule has 0 heterocycles. The Morgan fingerprint density at radius 2 is 1.82 bits per heavy atom. The molecule has 3 N–H and O–H groups in total. The average molecular weight is 157 g/mol. The van der Waals surface area contributed by atoms with Gasteiger partial charge in [-0.25, -0.2) is 0 Å². The highest BCUT2D eigenvalue weighted by Crippen LogP contribution is 2.26. The molecule has 0 amide bonds. The Bertz CT molecular complexity index is 108. The van der Waals surface area contributed by atoms with Gasteiger partial charge >= 0.3 is 0 Å². The maximum atomic E-state index is 9.25. The molecular formula is C9H19NO. The van der Waals surface area contributed by atoms with Crippen LogP contribution >= 0.6 is 0 Å². The van der Waals surface area contributed by atoms with Crippen LogP contribution in [0.4, 0.5) is 0 Å². The monoisotopic (exact) mass is 157 g/mol. The molecule has 2 atom stereocenters. The molecule has 0 aromatic heterocycles. The van der Waals surface area contributed by atoms with Crippen molar-refractivity contribution >= 4 is 0 Å². The quantitative estimate of drug-likeness (QED) is 0.634. The van der Waals surface area contributed by atoms with Crippen molar-refractivity contribution in [2.45, 2.75) is 51.2 Å². The van der Waals surface area contributed by atoms with Crippen LogP contribution in [0.1, 0.15) is 39.0 Å². The number of aliphatic hydroxyl groups is 1. The summed E-state index contributed by atoms with van der Waals surface area (Å²) in [7, 11) is 0. The second-order valence-corrected chi connectivity index (χ2v) is 3.72. The lowest BCUT2D eigenvalue weighted by atomic mass is 9.82. The van der Waals surface area contributed by atoms with Crippen molar-refractivity contribution in [3.8, 4) is 0 Å². The molecule has 2 heteroatoms. The first-order chi connectivity index (χ1) is 5.22. The van der Waals surface area contributed by atoms with E-state index in [1.54, 1.807) is 6.92 Å². The molecule has 1 fully saturated rings. The Labute approximate surface area is 68.8 Å². The van der Waals surface area contributed by atoms with Crippen LogP contribution in [0.5, 0.6) is 0 Å². The van der Waals surface area contributed by atoms with Crippen LogP contribution in [0.15, 0.2) is 0 Å². The van der Waals surface area contributed by atoms with Gasteiger partial charge in [0.15, 0.2) is 0 Å². The molecule has 0 saturated heterocycles. The third-order valence-corrected chi connectivity index (χ3v) is 2.75. The molecule has 0 aromatic carbocycles. The van der Waals surface area contributed by atoms with Gasteiger partial charge in [-0.1, -0.05) is 19.3 Å². The SMILES string of the molecule is C[C@H](O)[C@@H](N)C1CCCCC1. The summed E-state index contributed by atoms with van der Waals surface area (Å²) in [5.74, 6) is 0.573. The van der Waals surface area contributed by atoms with Crippen LogP contribution in [-0.4, -0.2) is 17.3 Å². The maximum absolute atomic E-state index is 9.25. The fourth-order valence-electron chi connectivity index (χ4n) is 1.91. The number of aliphatic hydroxyl groups excluding tert-OH is 1. The molecule has 1 aliphatic carbocycles. The summed E-state index contributed by atoms with van der Waals surface area (Å²) in [5, 5.41) is 9.25. The fourth-order valence-corrected chi connectivity index (χ4v) is 1.91. The van der Waals surface area contributed by atoms with E-state index < -0.39 is 0 Å². The van der Waals surface area contributed by atoms with Gasteiger partial charge in [-0.05, 0) is 25.7 Å². The Balaban J connectivity index is 2.32. The molecule has 1 saturated carbocycles. The molecule has 0 aromatic rings. The Kier molecular flexibility index (Phi) is 3.34. The lowest BCUT2D eigenvalue weighted by Gasteiger charge is -2.29. The van der Waals surface area contributed by atoms with Gasteiger partial charge in [-0.3, -0.25) is 0 Å². The highest BCUT2D eigenvalue weighted by molar-refractivity contribution is 4.79. The summed E-state index contributed by atoms with van der Waals surface area (Å²) in [6.07, 6.45) is 6.04. The second kappa shape index (κ2) is 4.07. The van der Waals surface area contributed by atoms with E-state index >= 15 is 0 Å². The van der Waals surface area contributed by atoms with Crippen molar-refractivity contribution in [2.75, 3.05) is 0 Å². The predicted molar refractivity (Wildman–Crippen MR) is 46.2 cm³/mol. The molecule has 0 radical (unpaired) electrons. The molecule has 66 valence electrons. The van der Waals surface area contributed by atoms with Gasteiger partial charge in [0, 0.05) is 6.04 Å². The molecule has 1 aliphatic rings. The first-order valence-electron chi connectivity index (χ1n) is 4.65. The van der Waals surface area contributed by atoms with Crippen molar-refractivity contribution in [1.82, 2.24) is 0 Å². The molecule has 11 heavy (non-hydrogen) atoms. The lowest BCUT2D eigenvalue weighted by molar-refractivity contribution is 0.119. The van der Waals surface area contributed by atoms with Gasteiger partial charge in [0.25, 0.3) is 0 Å². The van der Waals surface area contributed by atoms with Crippen molar-refractivity contribution in [3.05, 3.63) is 0 Å². The zero-order valence-electron chi connectivity index (χ0n) is 7.29. The minimum Gasteiger partial charge on any atom is -0.392 e. The topological polar surface area (TPSA) is 46.2 Å². The minimum absolute atomic E-state index is 0.00954. The van der Waals surface area contributed by atoms with Crippen molar-refractivity contribution in [3.63, 3.8) is 0 Å². The standard InChI is InChI=1S/C9H19NO/c1-7(11)9(10)8-5-3-2-4-6-8/h7-9,11H,2-6,10H2,1H3/t7-,9+/m0/s1. The van der Waals surface area contributed by atoms with Gasteiger partial charge < -0.3 is 10.8 Å².